The molecule has 1 aromatic heterocycles. The van der Waals surface area contributed by atoms with Crippen molar-refractivity contribution in [1.82, 2.24) is 15.5 Å². The summed E-state index contributed by atoms with van der Waals surface area (Å²) >= 11 is 0. The molecule has 2 aromatic rings. The summed E-state index contributed by atoms with van der Waals surface area (Å²) in [5.74, 6) is -1.82. The van der Waals surface area contributed by atoms with Crippen LogP contribution in [-0.4, -0.2) is 46.3 Å². The van der Waals surface area contributed by atoms with Crippen LogP contribution in [0.25, 0.3) is 0 Å². The number of amides is 3. The highest BCUT2D eigenvalue weighted by atomic mass is 19.1. The fourth-order valence-electron chi connectivity index (χ4n) is 5.22. The van der Waals surface area contributed by atoms with Crippen molar-refractivity contribution in [2.75, 3.05) is 16.8 Å². The van der Waals surface area contributed by atoms with Crippen LogP contribution >= 0.6 is 0 Å². The molecular weight excluding hydrogens is 491 g/mol. The number of hydrogen-bond acceptors (Lipinski definition) is 6. The lowest BCUT2D eigenvalue weighted by atomic mass is 9.94. The fourth-order valence-corrected chi connectivity index (χ4v) is 5.22. The lowest BCUT2D eigenvalue weighted by Crippen LogP contribution is -2.36. The van der Waals surface area contributed by atoms with Crippen molar-refractivity contribution < 1.29 is 23.5 Å². The second kappa shape index (κ2) is 10.1. The molecule has 10 nitrogen and oxygen atoms in total. The third kappa shape index (κ3) is 5.21. The summed E-state index contributed by atoms with van der Waals surface area (Å²) in [6.45, 7) is 3.99. The van der Waals surface area contributed by atoms with Crippen molar-refractivity contribution in [3.8, 4) is 6.07 Å². The zero-order valence-corrected chi connectivity index (χ0v) is 21.5. The summed E-state index contributed by atoms with van der Waals surface area (Å²) in [5.41, 5.74) is 0.761. The van der Waals surface area contributed by atoms with Gasteiger partial charge in [0.1, 0.15) is 12.2 Å². The highest BCUT2D eigenvalue weighted by molar-refractivity contribution is 5.97. The molecule has 3 amide bonds. The van der Waals surface area contributed by atoms with Crippen LogP contribution in [-0.2, 0) is 14.3 Å². The lowest BCUT2D eigenvalue weighted by molar-refractivity contribution is -0.118. The number of benzene rings is 1. The van der Waals surface area contributed by atoms with Gasteiger partial charge in [-0.05, 0) is 64.0 Å². The van der Waals surface area contributed by atoms with Crippen molar-refractivity contribution in [3.63, 3.8) is 0 Å². The van der Waals surface area contributed by atoms with E-state index in [2.05, 4.69) is 20.8 Å². The highest BCUT2D eigenvalue weighted by Crippen LogP contribution is 2.38. The summed E-state index contributed by atoms with van der Waals surface area (Å²) < 4.78 is 20.8. The molecule has 2 saturated carbocycles. The SMILES string of the molecule is CC(C(=O)Nc1cc(C2CCC(OC(=O)NC3(C)CC3)C2)[nH]n1)c1ccc(N2CCCC2=O)c(F)c1C#N. The summed E-state index contributed by atoms with van der Waals surface area (Å²) in [6, 6.07) is 6.59. The van der Waals surface area contributed by atoms with Gasteiger partial charge in [0.2, 0.25) is 11.8 Å². The van der Waals surface area contributed by atoms with Gasteiger partial charge in [0.15, 0.2) is 11.6 Å². The normalized spacial score (nSPS) is 22.6. The number of carbonyl (C=O) groups is 3. The van der Waals surface area contributed by atoms with Gasteiger partial charge in [-0.1, -0.05) is 6.07 Å². The van der Waals surface area contributed by atoms with Gasteiger partial charge in [0.25, 0.3) is 0 Å². The van der Waals surface area contributed by atoms with Gasteiger partial charge in [0, 0.05) is 36.2 Å². The number of carbonyl (C=O) groups excluding carboxylic acids is 3. The smallest absolute Gasteiger partial charge is 0.407 e. The average molecular weight is 523 g/mol. The van der Waals surface area contributed by atoms with E-state index in [1.54, 1.807) is 13.0 Å². The molecule has 3 fully saturated rings. The Hall–Kier alpha value is -3.94. The third-order valence-electron chi connectivity index (χ3n) is 7.84. The van der Waals surface area contributed by atoms with Crippen LogP contribution < -0.4 is 15.5 Å². The Morgan fingerprint density at radius 3 is 2.82 bits per heavy atom. The molecular formula is C27H31FN6O4. The summed E-state index contributed by atoms with van der Waals surface area (Å²) in [4.78, 5) is 38.5. The van der Waals surface area contributed by atoms with Crippen molar-refractivity contribution in [3.05, 3.63) is 40.8 Å². The van der Waals surface area contributed by atoms with Crippen LogP contribution in [0.15, 0.2) is 18.2 Å². The first-order valence-corrected chi connectivity index (χ1v) is 13.1. The second-order valence-corrected chi connectivity index (χ2v) is 10.8. The van der Waals surface area contributed by atoms with Crippen LogP contribution in [0.5, 0.6) is 0 Å². The van der Waals surface area contributed by atoms with Crippen molar-refractivity contribution >= 4 is 29.4 Å². The second-order valence-electron chi connectivity index (χ2n) is 10.8. The van der Waals surface area contributed by atoms with Crippen LogP contribution in [0.4, 0.5) is 20.7 Å². The third-order valence-corrected chi connectivity index (χ3v) is 7.84. The first kappa shape index (κ1) is 25.7. The number of rotatable bonds is 7. The molecule has 1 aromatic carbocycles. The van der Waals surface area contributed by atoms with E-state index in [1.165, 1.54) is 17.0 Å². The highest BCUT2D eigenvalue weighted by Gasteiger charge is 2.40. The molecule has 3 atom stereocenters. The minimum absolute atomic E-state index is 0.0652. The zero-order chi connectivity index (χ0) is 27.0. The Balaban J connectivity index is 1.20. The number of hydrogen-bond donors (Lipinski definition) is 3. The Morgan fingerprint density at radius 2 is 2.13 bits per heavy atom. The summed E-state index contributed by atoms with van der Waals surface area (Å²) in [7, 11) is 0. The molecule has 1 aliphatic heterocycles. The number of nitrogens with zero attached hydrogens (tertiary/aromatic N) is 3. The number of anilines is 2. The molecule has 3 unspecified atom stereocenters. The first-order chi connectivity index (χ1) is 18.2. The first-order valence-electron chi connectivity index (χ1n) is 13.1. The average Bonchev–Trinajstić information content (AvgIpc) is 3.28. The molecule has 3 aliphatic rings. The number of alkyl carbamates (subject to hydrolysis) is 1. The molecule has 38 heavy (non-hydrogen) atoms. The quantitative estimate of drug-likeness (QED) is 0.498. The molecule has 0 spiro atoms. The largest absolute Gasteiger partial charge is 0.446 e. The molecule has 0 bridgehead atoms. The summed E-state index contributed by atoms with van der Waals surface area (Å²) in [6.07, 6.45) is 4.57. The molecule has 11 heteroatoms. The maximum atomic E-state index is 15.2. The van der Waals surface area contributed by atoms with Crippen molar-refractivity contribution in [1.29, 1.82) is 5.26 Å². The Bertz CT molecular complexity index is 1310. The van der Waals surface area contributed by atoms with Crippen molar-refractivity contribution in [2.24, 2.45) is 0 Å². The van der Waals surface area contributed by atoms with Gasteiger partial charge >= 0.3 is 6.09 Å². The van der Waals surface area contributed by atoms with E-state index >= 15 is 4.39 Å². The number of nitriles is 1. The van der Waals surface area contributed by atoms with E-state index in [-0.39, 0.29) is 46.4 Å². The van der Waals surface area contributed by atoms with Gasteiger partial charge in [-0.25, -0.2) is 9.18 Å². The number of ether oxygens (including phenoxy) is 1. The van der Waals surface area contributed by atoms with Gasteiger partial charge in [-0.15, -0.1) is 0 Å². The maximum absolute atomic E-state index is 15.2. The van der Waals surface area contributed by atoms with E-state index in [4.69, 9.17) is 4.74 Å². The van der Waals surface area contributed by atoms with Gasteiger partial charge in [-0.2, -0.15) is 10.4 Å². The van der Waals surface area contributed by atoms with Crippen LogP contribution in [0.1, 0.15) is 87.4 Å². The predicted octanol–water partition coefficient (Wildman–Crippen LogP) is 4.20. The molecule has 0 radical (unpaired) electrons. The standard InChI is InChI=1S/C27H31FN6O4/c1-15(18-7-8-21(24(28)19(18)14-29)34-11-3-4-23(34)35)25(36)30-22-13-20(32-33-22)16-5-6-17(12-16)38-26(37)31-27(2)9-10-27/h7-8,13,15-17H,3-6,9-12H2,1-2H3,(H,31,37)(H2,30,32,33,36). The topological polar surface area (TPSA) is 140 Å². The number of halogens is 1. The summed E-state index contributed by atoms with van der Waals surface area (Å²) in [5, 5.41) is 22.4. The maximum Gasteiger partial charge on any atom is 0.407 e. The van der Waals surface area contributed by atoms with Crippen LogP contribution in [0, 0.1) is 17.1 Å². The molecule has 2 aliphatic carbocycles. The molecule has 1 saturated heterocycles. The van der Waals surface area contributed by atoms with Crippen molar-refractivity contribution in [2.45, 2.75) is 82.3 Å². The fraction of sp³-hybridized carbons (Fsp3) is 0.519. The number of H-pyrrole nitrogens is 1. The minimum Gasteiger partial charge on any atom is -0.446 e. The molecule has 2 heterocycles. The van der Waals surface area contributed by atoms with Gasteiger partial charge < -0.3 is 20.3 Å². The Labute approximate surface area is 219 Å². The van der Waals surface area contributed by atoms with E-state index < -0.39 is 17.6 Å². The van der Waals surface area contributed by atoms with Gasteiger partial charge in [0.05, 0.1) is 17.2 Å². The Morgan fingerprint density at radius 1 is 1.34 bits per heavy atom. The number of aromatic nitrogens is 2. The molecule has 3 N–H and O–H groups in total. The lowest BCUT2D eigenvalue weighted by Gasteiger charge is -2.20. The zero-order valence-electron chi connectivity index (χ0n) is 21.5. The van der Waals surface area contributed by atoms with E-state index in [0.29, 0.717) is 31.6 Å². The predicted molar refractivity (Wildman–Crippen MR) is 136 cm³/mol. The number of aromatic amines is 1. The number of nitrogens with one attached hydrogen (secondary N) is 3. The molecule has 5 rings (SSSR count). The molecule has 200 valence electrons. The van der Waals surface area contributed by atoms with Gasteiger partial charge in [-0.3, -0.25) is 14.7 Å². The minimum atomic E-state index is -0.835. The van der Waals surface area contributed by atoms with E-state index in [1.807, 2.05) is 13.0 Å². The monoisotopic (exact) mass is 522 g/mol. The van der Waals surface area contributed by atoms with Crippen LogP contribution in [0.2, 0.25) is 0 Å². The Kier molecular flexibility index (Phi) is 6.82. The van der Waals surface area contributed by atoms with E-state index in [0.717, 1.165) is 31.4 Å². The van der Waals surface area contributed by atoms with Crippen LogP contribution in [0.3, 0.4) is 0 Å². The van der Waals surface area contributed by atoms with E-state index in [9.17, 15) is 19.6 Å².